The highest BCUT2D eigenvalue weighted by Gasteiger charge is 2.60. The molecule has 2 aliphatic carbocycles. The molecule has 6 heteroatoms. The second-order valence-electron chi connectivity index (χ2n) is 7.07. The summed E-state index contributed by atoms with van der Waals surface area (Å²) in [7, 11) is 0. The van der Waals surface area contributed by atoms with E-state index in [1.807, 2.05) is 6.92 Å². The molecule has 22 heavy (non-hydrogen) atoms. The van der Waals surface area contributed by atoms with E-state index >= 15 is 0 Å². The molecule has 2 saturated carbocycles. The lowest BCUT2D eigenvalue weighted by Crippen LogP contribution is -2.70. The van der Waals surface area contributed by atoms with Crippen LogP contribution in [0.25, 0.3) is 0 Å². The van der Waals surface area contributed by atoms with Crippen molar-refractivity contribution in [2.45, 2.75) is 63.9 Å². The fraction of sp³-hybridized carbons (Fsp3) is 1.00. The third-order valence-corrected chi connectivity index (χ3v) is 6.21. The van der Waals surface area contributed by atoms with E-state index in [9.17, 15) is 13.2 Å². The van der Waals surface area contributed by atoms with Gasteiger partial charge in [-0.05, 0) is 33.1 Å². The van der Waals surface area contributed by atoms with Crippen LogP contribution in [0.1, 0.15) is 39.5 Å². The maximum Gasteiger partial charge on any atom is 0.403 e. The monoisotopic (exact) mass is 320 g/mol. The van der Waals surface area contributed by atoms with Crippen LogP contribution in [0.3, 0.4) is 0 Å². The Morgan fingerprint density at radius 3 is 2.27 bits per heavy atom. The van der Waals surface area contributed by atoms with Crippen LogP contribution in [-0.4, -0.2) is 66.9 Å². The molecule has 3 aliphatic rings. The molecule has 0 aromatic rings. The Morgan fingerprint density at radius 1 is 1.18 bits per heavy atom. The first-order chi connectivity index (χ1) is 10.4. The van der Waals surface area contributed by atoms with Gasteiger partial charge in [0.1, 0.15) is 6.04 Å². The Morgan fingerprint density at radius 2 is 1.82 bits per heavy atom. The van der Waals surface area contributed by atoms with Gasteiger partial charge in [-0.2, -0.15) is 13.2 Å². The Balaban J connectivity index is 1.54. The molecule has 1 heterocycles. The molecular formula is C16H27F3N2O. The summed E-state index contributed by atoms with van der Waals surface area (Å²) in [5.41, 5.74) is 0.313. The van der Waals surface area contributed by atoms with Gasteiger partial charge in [0.15, 0.2) is 0 Å². The molecule has 3 rings (SSSR count). The van der Waals surface area contributed by atoms with Crippen molar-refractivity contribution >= 4 is 0 Å². The Hall–Kier alpha value is -0.330. The van der Waals surface area contributed by atoms with Gasteiger partial charge < -0.3 is 4.74 Å². The van der Waals surface area contributed by atoms with Gasteiger partial charge >= 0.3 is 6.18 Å². The van der Waals surface area contributed by atoms with Gasteiger partial charge in [-0.15, -0.1) is 0 Å². The first kappa shape index (κ1) is 16.5. The van der Waals surface area contributed by atoms with Gasteiger partial charge in [-0.25, -0.2) is 0 Å². The molecule has 0 unspecified atom stereocenters. The van der Waals surface area contributed by atoms with Crippen LogP contribution in [0.5, 0.6) is 0 Å². The summed E-state index contributed by atoms with van der Waals surface area (Å²) >= 11 is 0. The van der Waals surface area contributed by atoms with Crippen molar-refractivity contribution in [3.63, 3.8) is 0 Å². The van der Waals surface area contributed by atoms with Crippen LogP contribution in [0.4, 0.5) is 13.2 Å². The largest absolute Gasteiger partial charge is 0.403 e. The van der Waals surface area contributed by atoms with Gasteiger partial charge in [0.05, 0.1) is 6.10 Å². The van der Waals surface area contributed by atoms with E-state index in [2.05, 4.69) is 4.90 Å². The van der Waals surface area contributed by atoms with Crippen LogP contribution < -0.4 is 0 Å². The maximum atomic E-state index is 12.8. The van der Waals surface area contributed by atoms with E-state index in [4.69, 9.17) is 4.74 Å². The van der Waals surface area contributed by atoms with Crippen molar-refractivity contribution in [2.24, 2.45) is 5.41 Å². The lowest BCUT2D eigenvalue weighted by atomic mass is 9.50. The highest BCUT2D eigenvalue weighted by molar-refractivity contribution is 5.13. The average molecular weight is 320 g/mol. The second kappa shape index (κ2) is 5.95. The molecule has 3 fully saturated rings. The molecule has 3 atom stereocenters. The number of hydrogen-bond acceptors (Lipinski definition) is 3. The second-order valence-corrected chi connectivity index (χ2v) is 7.07. The minimum atomic E-state index is -4.12. The lowest BCUT2D eigenvalue weighted by Gasteiger charge is -2.64. The standard InChI is InChI=1S/C16H27F3N2O/c1-3-22-14-11-13(15(14)5-4-6-15)21-9-7-20(8-10-21)12(2)16(17,18)19/h12-14H,3-11H2,1-2H3/t12-,13-,14-/m1/s1. The quantitative estimate of drug-likeness (QED) is 0.792. The topological polar surface area (TPSA) is 15.7 Å². The number of rotatable bonds is 4. The van der Waals surface area contributed by atoms with E-state index in [1.54, 1.807) is 4.90 Å². The molecule has 0 aromatic heterocycles. The van der Waals surface area contributed by atoms with E-state index in [0.29, 0.717) is 30.7 Å². The average Bonchev–Trinajstić information content (AvgIpc) is 2.40. The number of ether oxygens (including phenoxy) is 1. The molecule has 0 aromatic carbocycles. The summed E-state index contributed by atoms with van der Waals surface area (Å²) in [6.07, 6.45) is 1.04. The number of alkyl halides is 3. The van der Waals surface area contributed by atoms with Crippen molar-refractivity contribution < 1.29 is 17.9 Å². The summed E-state index contributed by atoms with van der Waals surface area (Å²) in [4.78, 5) is 4.00. The predicted octanol–water partition coefficient (Wildman–Crippen LogP) is 2.90. The third-order valence-electron chi connectivity index (χ3n) is 6.21. The molecule has 1 saturated heterocycles. The highest BCUT2D eigenvalue weighted by atomic mass is 19.4. The third kappa shape index (κ3) is 2.67. The number of halogens is 3. The van der Waals surface area contributed by atoms with Gasteiger partial charge in [-0.3, -0.25) is 9.80 Å². The normalized spacial score (nSPS) is 34.2. The van der Waals surface area contributed by atoms with Crippen LogP contribution in [0, 0.1) is 5.41 Å². The molecule has 0 N–H and O–H groups in total. The zero-order valence-corrected chi connectivity index (χ0v) is 13.5. The Bertz CT molecular complexity index is 389. The van der Waals surface area contributed by atoms with Crippen molar-refractivity contribution in [3.05, 3.63) is 0 Å². The Labute approximate surface area is 130 Å². The summed E-state index contributed by atoms with van der Waals surface area (Å²) in [5, 5.41) is 0. The van der Waals surface area contributed by atoms with E-state index in [-0.39, 0.29) is 0 Å². The van der Waals surface area contributed by atoms with Gasteiger partial charge in [0, 0.05) is 44.2 Å². The highest BCUT2D eigenvalue weighted by Crippen LogP contribution is 2.59. The van der Waals surface area contributed by atoms with Gasteiger partial charge in [0.2, 0.25) is 0 Å². The van der Waals surface area contributed by atoms with E-state index < -0.39 is 12.2 Å². The molecule has 0 bridgehead atoms. The Kier molecular flexibility index (Phi) is 4.47. The SMILES string of the molecule is CCO[C@@H]1C[C@@H](N2CCN([C@H](C)C(F)(F)F)CC2)C12CCC2. The fourth-order valence-electron chi connectivity index (χ4n) is 4.56. The fourth-order valence-corrected chi connectivity index (χ4v) is 4.56. The molecule has 0 radical (unpaired) electrons. The zero-order chi connectivity index (χ0) is 16.0. The van der Waals surface area contributed by atoms with Gasteiger partial charge in [0.25, 0.3) is 0 Å². The summed E-state index contributed by atoms with van der Waals surface area (Å²) < 4.78 is 44.3. The summed E-state index contributed by atoms with van der Waals surface area (Å²) in [6.45, 7) is 6.63. The summed E-state index contributed by atoms with van der Waals surface area (Å²) in [6, 6.07) is -0.800. The van der Waals surface area contributed by atoms with Crippen molar-refractivity contribution in [1.82, 2.24) is 9.80 Å². The summed E-state index contributed by atoms with van der Waals surface area (Å²) in [5.74, 6) is 0. The van der Waals surface area contributed by atoms with Gasteiger partial charge in [-0.1, -0.05) is 6.42 Å². The predicted molar refractivity (Wildman–Crippen MR) is 78.8 cm³/mol. The first-order valence-corrected chi connectivity index (χ1v) is 8.55. The maximum absolute atomic E-state index is 12.8. The minimum absolute atomic E-state index is 0.313. The molecule has 1 spiro atoms. The van der Waals surface area contributed by atoms with Crippen LogP contribution >= 0.6 is 0 Å². The number of hydrogen-bond donors (Lipinski definition) is 0. The smallest absolute Gasteiger partial charge is 0.378 e. The zero-order valence-electron chi connectivity index (χ0n) is 13.5. The van der Waals surface area contributed by atoms with E-state index in [1.165, 1.54) is 26.2 Å². The van der Waals surface area contributed by atoms with E-state index in [0.717, 1.165) is 26.1 Å². The van der Waals surface area contributed by atoms with Crippen LogP contribution in [-0.2, 0) is 4.74 Å². The lowest BCUT2D eigenvalue weighted by molar-refractivity contribution is -0.215. The van der Waals surface area contributed by atoms with Crippen molar-refractivity contribution in [2.75, 3.05) is 32.8 Å². The first-order valence-electron chi connectivity index (χ1n) is 8.55. The van der Waals surface area contributed by atoms with Crippen molar-refractivity contribution in [3.8, 4) is 0 Å². The van der Waals surface area contributed by atoms with Crippen molar-refractivity contribution in [1.29, 1.82) is 0 Å². The molecule has 1 aliphatic heterocycles. The minimum Gasteiger partial charge on any atom is -0.378 e. The molecular weight excluding hydrogens is 293 g/mol. The number of piperazine rings is 1. The van der Waals surface area contributed by atoms with Crippen LogP contribution in [0.15, 0.2) is 0 Å². The van der Waals surface area contributed by atoms with Crippen LogP contribution in [0.2, 0.25) is 0 Å². The molecule has 128 valence electrons. The number of nitrogens with zero attached hydrogens (tertiary/aromatic N) is 2. The molecule has 3 nitrogen and oxygen atoms in total. The molecule has 0 amide bonds.